The minimum atomic E-state index is -0.964. The molecule has 0 bridgehead atoms. The van der Waals surface area contributed by atoms with Crippen LogP contribution in [0.3, 0.4) is 0 Å². The number of hydrogen-bond acceptors (Lipinski definition) is 4. The van der Waals surface area contributed by atoms with Crippen LogP contribution in [0, 0.1) is 6.92 Å². The summed E-state index contributed by atoms with van der Waals surface area (Å²) in [4.78, 5) is 24.3. The summed E-state index contributed by atoms with van der Waals surface area (Å²) in [6.07, 6.45) is 0. The van der Waals surface area contributed by atoms with Crippen molar-refractivity contribution in [1.82, 2.24) is 4.90 Å². The van der Waals surface area contributed by atoms with Gasteiger partial charge in [0, 0.05) is 5.75 Å². The quantitative estimate of drug-likeness (QED) is 0.902. The number of carbonyl (C=O) groups excluding carboxylic acids is 1. The number of carboxylic acids is 1. The van der Waals surface area contributed by atoms with Crippen LogP contribution in [0.5, 0.6) is 5.75 Å². The Labute approximate surface area is 115 Å². The van der Waals surface area contributed by atoms with Gasteiger partial charge in [0.2, 0.25) is 0 Å². The molecule has 1 N–H and O–H groups in total. The Bertz CT molecular complexity index is 491. The lowest BCUT2D eigenvalue weighted by atomic mass is 10.2. The van der Waals surface area contributed by atoms with Crippen LogP contribution in [0.2, 0.25) is 0 Å². The molecule has 1 aromatic carbocycles. The van der Waals surface area contributed by atoms with E-state index in [1.54, 1.807) is 6.07 Å². The number of aryl methyl sites for hydroxylation is 1. The van der Waals surface area contributed by atoms with Crippen molar-refractivity contribution >= 4 is 23.6 Å². The second-order valence-electron chi connectivity index (χ2n) is 4.32. The van der Waals surface area contributed by atoms with Crippen LogP contribution >= 0.6 is 11.8 Å². The van der Waals surface area contributed by atoms with Crippen LogP contribution in [-0.4, -0.2) is 46.2 Å². The standard InChI is InChI=1S/C13H15NO4S/c1-9-3-2-4-10(5-9)18-6-12(15)14-8-19-7-11(14)13(16)17/h2-5,11H,6-8H2,1H3,(H,16,17). The van der Waals surface area contributed by atoms with E-state index in [0.717, 1.165) is 5.56 Å². The second kappa shape index (κ2) is 5.97. The van der Waals surface area contributed by atoms with Gasteiger partial charge < -0.3 is 14.7 Å². The van der Waals surface area contributed by atoms with E-state index in [-0.39, 0.29) is 12.5 Å². The molecule has 5 nitrogen and oxygen atoms in total. The summed E-state index contributed by atoms with van der Waals surface area (Å²) < 4.78 is 5.40. The van der Waals surface area contributed by atoms with Gasteiger partial charge in [0.25, 0.3) is 5.91 Å². The highest BCUT2D eigenvalue weighted by atomic mass is 32.2. The number of benzene rings is 1. The Kier molecular flexibility index (Phi) is 4.31. The van der Waals surface area contributed by atoms with Crippen molar-refractivity contribution in [3.05, 3.63) is 29.8 Å². The van der Waals surface area contributed by atoms with Crippen LogP contribution < -0.4 is 4.74 Å². The second-order valence-corrected chi connectivity index (χ2v) is 5.32. The minimum absolute atomic E-state index is 0.131. The van der Waals surface area contributed by atoms with E-state index in [9.17, 15) is 9.59 Å². The Morgan fingerprint density at radius 2 is 2.32 bits per heavy atom. The smallest absolute Gasteiger partial charge is 0.327 e. The first kappa shape index (κ1) is 13.7. The maximum Gasteiger partial charge on any atom is 0.327 e. The fourth-order valence-electron chi connectivity index (χ4n) is 1.83. The van der Waals surface area contributed by atoms with E-state index in [1.807, 2.05) is 25.1 Å². The van der Waals surface area contributed by atoms with Crippen molar-refractivity contribution in [2.24, 2.45) is 0 Å². The lowest BCUT2D eigenvalue weighted by molar-refractivity contribution is -0.148. The van der Waals surface area contributed by atoms with E-state index in [0.29, 0.717) is 17.4 Å². The van der Waals surface area contributed by atoms with E-state index in [4.69, 9.17) is 9.84 Å². The molecule has 0 saturated carbocycles. The molecular formula is C13H15NO4S. The number of carbonyl (C=O) groups is 2. The Morgan fingerprint density at radius 1 is 1.53 bits per heavy atom. The highest BCUT2D eigenvalue weighted by Gasteiger charge is 2.34. The van der Waals surface area contributed by atoms with E-state index >= 15 is 0 Å². The van der Waals surface area contributed by atoms with E-state index < -0.39 is 12.0 Å². The average Bonchev–Trinajstić information content (AvgIpc) is 2.85. The summed E-state index contributed by atoms with van der Waals surface area (Å²) in [5.41, 5.74) is 1.05. The zero-order chi connectivity index (χ0) is 13.8. The minimum Gasteiger partial charge on any atom is -0.484 e. The van der Waals surface area contributed by atoms with Gasteiger partial charge in [-0.05, 0) is 24.6 Å². The highest BCUT2D eigenvalue weighted by Crippen LogP contribution is 2.21. The first-order valence-electron chi connectivity index (χ1n) is 5.87. The molecule has 1 amide bonds. The monoisotopic (exact) mass is 281 g/mol. The molecule has 2 rings (SSSR count). The molecule has 1 heterocycles. The number of hydrogen-bond donors (Lipinski definition) is 1. The van der Waals surface area contributed by atoms with Crippen LogP contribution in [-0.2, 0) is 9.59 Å². The van der Waals surface area contributed by atoms with Gasteiger partial charge >= 0.3 is 5.97 Å². The van der Waals surface area contributed by atoms with Crippen molar-refractivity contribution < 1.29 is 19.4 Å². The summed E-state index contributed by atoms with van der Waals surface area (Å²) in [7, 11) is 0. The Balaban J connectivity index is 1.92. The van der Waals surface area contributed by atoms with Crippen molar-refractivity contribution in [3.63, 3.8) is 0 Å². The summed E-state index contributed by atoms with van der Waals surface area (Å²) >= 11 is 1.44. The summed E-state index contributed by atoms with van der Waals surface area (Å²) in [5.74, 6) is 0.207. The summed E-state index contributed by atoms with van der Waals surface area (Å²) in [6.45, 7) is 1.81. The van der Waals surface area contributed by atoms with Crippen LogP contribution in [0.1, 0.15) is 5.56 Å². The summed E-state index contributed by atoms with van der Waals surface area (Å²) in [6, 6.07) is 6.65. The number of amides is 1. The van der Waals surface area contributed by atoms with E-state index in [1.165, 1.54) is 16.7 Å². The number of nitrogens with zero attached hydrogens (tertiary/aromatic N) is 1. The Morgan fingerprint density at radius 3 is 3.00 bits per heavy atom. The van der Waals surface area contributed by atoms with E-state index in [2.05, 4.69) is 0 Å². The molecule has 19 heavy (non-hydrogen) atoms. The van der Waals surface area contributed by atoms with Gasteiger partial charge in [0.05, 0.1) is 5.88 Å². The lowest BCUT2D eigenvalue weighted by Crippen LogP contribution is -2.43. The molecule has 1 fully saturated rings. The number of rotatable bonds is 4. The molecule has 0 aliphatic carbocycles. The molecule has 0 aromatic heterocycles. The fraction of sp³-hybridized carbons (Fsp3) is 0.385. The first-order chi connectivity index (χ1) is 9.08. The molecule has 6 heteroatoms. The fourth-order valence-corrected chi connectivity index (χ4v) is 3.00. The van der Waals surface area contributed by atoms with Crippen molar-refractivity contribution in [1.29, 1.82) is 0 Å². The molecular weight excluding hydrogens is 266 g/mol. The SMILES string of the molecule is Cc1cccc(OCC(=O)N2CSCC2C(=O)O)c1. The first-order valence-corrected chi connectivity index (χ1v) is 7.03. The third-order valence-electron chi connectivity index (χ3n) is 2.84. The van der Waals surface area contributed by atoms with Gasteiger partial charge in [0.15, 0.2) is 6.61 Å². The van der Waals surface area contributed by atoms with Crippen molar-refractivity contribution in [3.8, 4) is 5.75 Å². The molecule has 1 atom stereocenters. The number of ether oxygens (including phenoxy) is 1. The lowest BCUT2D eigenvalue weighted by Gasteiger charge is -2.20. The molecule has 0 radical (unpaired) electrons. The zero-order valence-corrected chi connectivity index (χ0v) is 11.4. The maximum atomic E-state index is 11.9. The van der Waals surface area contributed by atoms with Gasteiger partial charge in [-0.25, -0.2) is 4.79 Å². The molecule has 1 saturated heterocycles. The van der Waals surface area contributed by atoms with Gasteiger partial charge in [-0.3, -0.25) is 4.79 Å². The van der Waals surface area contributed by atoms with Gasteiger partial charge in [-0.1, -0.05) is 12.1 Å². The molecule has 0 spiro atoms. The third kappa shape index (κ3) is 3.41. The van der Waals surface area contributed by atoms with Crippen molar-refractivity contribution in [2.75, 3.05) is 18.2 Å². The van der Waals surface area contributed by atoms with Gasteiger partial charge in [-0.15, -0.1) is 11.8 Å². The Hall–Kier alpha value is -1.69. The summed E-state index contributed by atoms with van der Waals surface area (Å²) in [5, 5.41) is 9.01. The van der Waals surface area contributed by atoms with Crippen LogP contribution in [0.15, 0.2) is 24.3 Å². The molecule has 1 aliphatic heterocycles. The van der Waals surface area contributed by atoms with Gasteiger partial charge in [0.1, 0.15) is 11.8 Å². The number of carboxylic acid groups (broad SMARTS) is 1. The molecule has 1 aliphatic rings. The average molecular weight is 281 g/mol. The number of aliphatic carboxylic acids is 1. The third-order valence-corrected chi connectivity index (χ3v) is 3.85. The van der Waals surface area contributed by atoms with Crippen LogP contribution in [0.4, 0.5) is 0 Å². The van der Waals surface area contributed by atoms with Crippen LogP contribution in [0.25, 0.3) is 0 Å². The highest BCUT2D eigenvalue weighted by molar-refractivity contribution is 7.99. The number of thioether (sulfide) groups is 1. The van der Waals surface area contributed by atoms with Gasteiger partial charge in [-0.2, -0.15) is 0 Å². The predicted molar refractivity (Wildman–Crippen MR) is 72.3 cm³/mol. The molecule has 102 valence electrons. The zero-order valence-electron chi connectivity index (χ0n) is 10.5. The molecule has 1 aromatic rings. The topological polar surface area (TPSA) is 66.8 Å². The predicted octanol–water partition coefficient (Wildman–Crippen LogP) is 1.36. The normalized spacial score (nSPS) is 18.4. The molecule has 1 unspecified atom stereocenters. The maximum absolute atomic E-state index is 11.9. The largest absolute Gasteiger partial charge is 0.484 e. The van der Waals surface area contributed by atoms with Crippen molar-refractivity contribution in [2.45, 2.75) is 13.0 Å².